The minimum atomic E-state index is -0.656. The van der Waals surface area contributed by atoms with Crippen LogP contribution < -0.4 is 0 Å². The van der Waals surface area contributed by atoms with Crippen LogP contribution in [0.4, 0.5) is 0 Å². The molecule has 1 aliphatic rings. The van der Waals surface area contributed by atoms with Crippen molar-refractivity contribution in [1.29, 1.82) is 0 Å². The highest BCUT2D eigenvalue weighted by Gasteiger charge is 2.35. The van der Waals surface area contributed by atoms with E-state index in [2.05, 4.69) is 6.92 Å². The molecule has 1 aliphatic heterocycles. The van der Waals surface area contributed by atoms with E-state index in [-0.39, 0.29) is 0 Å². The van der Waals surface area contributed by atoms with Crippen LogP contribution in [-0.4, -0.2) is 23.3 Å². The van der Waals surface area contributed by atoms with Crippen LogP contribution in [0.15, 0.2) is 0 Å². The zero-order valence-corrected chi connectivity index (χ0v) is 15.2. The van der Waals surface area contributed by atoms with Crippen LogP contribution in [0.1, 0.15) is 110 Å². The lowest BCUT2D eigenvalue weighted by atomic mass is 10.0. The maximum absolute atomic E-state index is 10.4. The van der Waals surface area contributed by atoms with E-state index in [4.69, 9.17) is 9.84 Å². The Hall–Kier alpha value is -0.570. The first-order valence-corrected chi connectivity index (χ1v) is 10.1. The Labute approximate surface area is 143 Å². The van der Waals surface area contributed by atoms with Crippen LogP contribution >= 0.6 is 0 Å². The molecule has 136 valence electrons. The first-order chi connectivity index (χ1) is 11.2. The van der Waals surface area contributed by atoms with Crippen LogP contribution in [0.5, 0.6) is 0 Å². The van der Waals surface area contributed by atoms with Gasteiger partial charge in [-0.15, -0.1) is 0 Å². The molecule has 0 bridgehead atoms. The quantitative estimate of drug-likeness (QED) is 0.259. The molecule has 0 amide bonds. The fourth-order valence-electron chi connectivity index (χ4n) is 3.36. The molecule has 0 aliphatic carbocycles. The summed E-state index contributed by atoms with van der Waals surface area (Å²) in [6.45, 7) is 2.21. The molecule has 1 N–H and O–H groups in total. The van der Waals surface area contributed by atoms with Crippen molar-refractivity contribution < 1.29 is 14.6 Å². The maximum Gasteiger partial charge on any atom is 0.303 e. The van der Waals surface area contributed by atoms with Crippen molar-refractivity contribution in [3.63, 3.8) is 0 Å². The first-order valence-electron chi connectivity index (χ1n) is 10.1. The summed E-state index contributed by atoms with van der Waals surface area (Å²) in [4.78, 5) is 10.4. The highest BCUT2D eigenvalue weighted by molar-refractivity contribution is 5.66. The van der Waals surface area contributed by atoms with Gasteiger partial charge in [0, 0.05) is 6.42 Å². The topological polar surface area (TPSA) is 49.8 Å². The number of carboxylic acids is 1. The Morgan fingerprint density at radius 3 is 1.57 bits per heavy atom. The van der Waals surface area contributed by atoms with Crippen molar-refractivity contribution >= 4 is 5.97 Å². The molecule has 0 radical (unpaired) electrons. The molecular formula is C20H38O3. The van der Waals surface area contributed by atoms with Crippen molar-refractivity contribution in [1.82, 2.24) is 0 Å². The average molecular weight is 327 g/mol. The smallest absolute Gasteiger partial charge is 0.303 e. The molecular weight excluding hydrogens is 288 g/mol. The molecule has 1 rings (SSSR count). The summed E-state index contributed by atoms with van der Waals surface area (Å²) in [6.07, 6.45) is 20.8. The van der Waals surface area contributed by atoms with Gasteiger partial charge in [-0.25, -0.2) is 0 Å². The largest absolute Gasteiger partial charge is 0.481 e. The SMILES string of the molecule is CC[C@@H]1O[C@@H]1CCCCCCCCCCCCCCCC(=O)O. The summed E-state index contributed by atoms with van der Waals surface area (Å²) in [5.74, 6) is -0.656. The predicted molar refractivity (Wildman–Crippen MR) is 95.8 cm³/mol. The van der Waals surface area contributed by atoms with Gasteiger partial charge in [-0.05, 0) is 19.3 Å². The summed E-state index contributed by atoms with van der Waals surface area (Å²) in [6, 6.07) is 0. The number of hydrogen-bond donors (Lipinski definition) is 1. The maximum atomic E-state index is 10.4. The van der Waals surface area contributed by atoms with Crippen molar-refractivity contribution in [3.05, 3.63) is 0 Å². The number of carboxylic acid groups (broad SMARTS) is 1. The third-order valence-electron chi connectivity index (χ3n) is 4.97. The molecule has 0 spiro atoms. The van der Waals surface area contributed by atoms with E-state index < -0.39 is 5.97 Å². The summed E-state index contributed by atoms with van der Waals surface area (Å²) >= 11 is 0. The number of epoxide rings is 1. The number of unbranched alkanes of at least 4 members (excludes halogenated alkanes) is 12. The molecule has 0 unspecified atom stereocenters. The number of ether oxygens (including phenoxy) is 1. The average Bonchev–Trinajstić information content (AvgIpc) is 3.29. The van der Waals surface area contributed by atoms with Gasteiger partial charge in [-0.3, -0.25) is 4.79 Å². The Morgan fingerprint density at radius 1 is 0.739 bits per heavy atom. The van der Waals surface area contributed by atoms with E-state index in [9.17, 15) is 4.79 Å². The second-order valence-electron chi connectivity index (χ2n) is 7.15. The molecule has 3 nitrogen and oxygen atoms in total. The predicted octanol–water partition coefficient (Wildman–Crippen LogP) is 6.10. The first kappa shape index (κ1) is 20.5. The van der Waals surface area contributed by atoms with Crippen molar-refractivity contribution in [2.75, 3.05) is 0 Å². The molecule has 3 heteroatoms. The Bertz CT molecular complexity index is 291. The van der Waals surface area contributed by atoms with E-state index >= 15 is 0 Å². The lowest BCUT2D eigenvalue weighted by molar-refractivity contribution is -0.137. The van der Waals surface area contributed by atoms with Gasteiger partial charge in [0.15, 0.2) is 0 Å². The standard InChI is InChI=1S/C20H38O3/c1-2-18-19(23-18)16-14-12-10-8-6-4-3-5-7-9-11-13-15-17-20(21)22/h18-19H,2-17H2,1H3,(H,21,22)/t18-,19+/m0/s1. The van der Waals surface area contributed by atoms with Crippen molar-refractivity contribution in [2.24, 2.45) is 0 Å². The van der Waals surface area contributed by atoms with Gasteiger partial charge in [0.25, 0.3) is 0 Å². The van der Waals surface area contributed by atoms with Crippen molar-refractivity contribution in [2.45, 2.75) is 122 Å². The highest BCUT2D eigenvalue weighted by atomic mass is 16.6. The van der Waals surface area contributed by atoms with Crippen LogP contribution in [0.2, 0.25) is 0 Å². The van der Waals surface area contributed by atoms with Crippen molar-refractivity contribution in [3.8, 4) is 0 Å². The Morgan fingerprint density at radius 2 is 1.17 bits per heavy atom. The van der Waals surface area contributed by atoms with Crippen LogP contribution in [0, 0.1) is 0 Å². The van der Waals surface area contributed by atoms with Crippen LogP contribution in [0.25, 0.3) is 0 Å². The molecule has 1 heterocycles. The molecule has 0 aromatic rings. The second kappa shape index (κ2) is 13.8. The van der Waals surface area contributed by atoms with Gasteiger partial charge in [-0.1, -0.05) is 84.0 Å². The van der Waals surface area contributed by atoms with E-state index in [1.165, 1.54) is 83.5 Å². The Balaban J connectivity index is 1.65. The van der Waals surface area contributed by atoms with Gasteiger partial charge in [-0.2, -0.15) is 0 Å². The number of aliphatic carboxylic acids is 1. The fourth-order valence-corrected chi connectivity index (χ4v) is 3.36. The van der Waals surface area contributed by atoms with E-state index in [0.29, 0.717) is 18.6 Å². The summed E-state index contributed by atoms with van der Waals surface area (Å²) in [5, 5.41) is 8.55. The van der Waals surface area contributed by atoms with Gasteiger partial charge in [0.2, 0.25) is 0 Å². The van der Waals surface area contributed by atoms with E-state index in [1.54, 1.807) is 0 Å². The summed E-state index contributed by atoms with van der Waals surface area (Å²) in [7, 11) is 0. The lowest BCUT2D eigenvalue weighted by Crippen LogP contribution is -1.93. The third kappa shape index (κ3) is 12.5. The summed E-state index contributed by atoms with van der Waals surface area (Å²) < 4.78 is 5.56. The van der Waals surface area contributed by atoms with E-state index in [0.717, 1.165) is 12.8 Å². The zero-order valence-electron chi connectivity index (χ0n) is 15.2. The summed E-state index contributed by atoms with van der Waals surface area (Å²) in [5.41, 5.74) is 0. The molecule has 0 aromatic carbocycles. The normalized spacial score (nSPS) is 19.9. The molecule has 1 fully saturated rings. The molecule has 0 aromatic heterocycles. The number of carbonyl (C=O) groups is 1. The van der Waals surface area contributed by atoms with E-state index in [1.807, 2.05) is 0 Å². The second-order valence-corrected chi connectivity index (χ2v) is 7.15. The van der Waals surface area contributed by atoms with Gasteiger partial charge in [0.05, 0.1) is 12.2 Å². The molecule has 23 heavy (non-hydrogen) atoms. The minimum Gasteiger partial charge on any atom is -0.481 e. The number of hydrogen-bond acceptors (Lipinski definition) is 2. The van der Waals surface area contributed by atoms with Gasteiger partial charge < -0.3 is 9.84 Å². The van der Waals surface area contributed by atoms with Gasteiger partial charge >= 0.3 is 5.97 Å². The Kier molecular flexibility index (Phi) is 12.3. The van der Waals surface area contributed by atoms with Crippen LogP contribution in [0.3, 0.4) is 0 Å². The fraction of sp³-hybridized carbons (Fsp3) is 0.950. The molecule has 2 atom stereocenters. The molecule has 1 saturated heterocycles. The monoisotopic (exact) mass is 326 g/mol. The minimum absolute atomic E-state index is 0.340. The van der Waals surface area contributed by atoms with Gasteiger partial charge in [0.1, 0.15) is 0 Å². The lowest BCUT2D eigenvalue weighted by Gasteiger charge is -2.03. The highest BCUT2D eigenvalue weighted by Crippen LogP contribution is 2.29. The van der Waals surface area contributed by atoms with Crippen LogP contribution in [-0.2, 0) is 9.53 Å². The third-order valence-corrected chi connectivity index (χ3v) is 4.97. The molecule has 0 saturated carbocycles. The zero-order chi connectivity index (χ0) is 16.8. The number of rotatable bonds is 17.